The van der Waals surface area contributed by atoms with E-state index in [4.69, 9.17) is 9.31 Å². The molecule has 0 spiro atoms. The molecule has 0 bridgehead atoms. The maximum atomic E-state index is 5.97. The summed E-state index contributed by atoms with van der Waals surface area (Å²) >= 11 is 0. The number of nitrogens with zero attached hydrogens (tertiary/aromatic N) is 1. The molecule has 3 nitrogen and oxygen atoms in total. The van der Waals surface area contributed by atoms with E-state index in [-0.39, 0.29) is 18.3 Å². The fraction of sp³-hybridized carbons (Fsp3) is 0.727. The zero-order valence-corrected chi connectivity index (χ0v) is 9.86. The second kappa shape index (κ2) is 3.46. The minimum absolute atomic E-state index is 0.141. The van der Waals surface area contributed by atoms with Gasteiger partial charge >= 0.3 is 7.12 Å². The number of rotatable bonds is 1. The van der Waals surface area contributed by atoms with Crippen LogP contribution in [0.1, 0.15) is 34.1 Å². The third kappa shape index (κ3) is 1.88. The standard InChI is InChI=1S/C11H18BNO2/c1-10(2)11(3,4)15-12(14-10)9-5-7-13-8-6-9/h5,7-9H,6H2,1-4H3. The minimum atomic E-state index is -0.236. The average Bonchev–Trinajstić information content (AvgIpc) is 2.38. The Balaban J connectivity index is 2.09. The van der Waals surface area contributed by atoms with Gasteiger partial charge in [0, 0.05) is 18.2 Å². The second-order valence-electron chi connectivity index (χ2n) is 5.20. The molecule has 1 fully saturated rings. The van der Waals surface area contributed by atoms with Crippen LogP contribution in [0.4, 0.5) is 0 Å². The van der Waals surface area contributed by atoms with Crippen molar-refractivity contribution in [1.29, 1.82) is 0 Å². The molecule has 0 aromatic carbocycles. The van der Waals surface area contributed by atoms with Crippen LogP contribution in [0.2, 0.25) is 5.82 Å². The molecular formula is C11H18BNO2. The summed E-state index contributed by atoms with van der Waals surface area (Å²) in [5, 5.41) is 0. The lowest BCUT2D eigenvalue weighted by Crippen LogP contribution is -2.41. The Labute approximate surface area is 91.7 Å². The van der Waals surface area contributed by atoms with Crippen LogP contribution in [0, 0.1) is 0 Å². The summed E-state index contributed by atoms with van der Waals surface area (Å²) in [5.74, 6) is 0.295. The average molecular weight is 207 g/mol. The van der Waals surface area contributed by atoms with Gasteiger partial charge in [0.1, 0.15) is 0 Å². The van der Waals surface area contributed by atoms with Gasteiger partial charge in [0.25, 0.3) is 0 Å². The highest BCUT2D eigenvalue weighted by Crippen LogP contribution is 2.41. The molecule has 0 N–H and O–H groups in total. The first kappa shape index (κ1) is 10.9. The monoisotopic (exact) mass is 207 g/mol. The normalized spacial score (nSPS) is 32.3. The van der Waals surface area contributed by atoms with E-state index in [1.165, 1.54) is 0 Å². The second-order valence-corrected chi connectivity index (χ2v) is 5.20. The molecule has 0 aromatic heterocycles. The van der Waals surface area contributed by atoms with Crippen molar-refractivity contribution in [2.24, 2.45) is 4.99 Å². The first-order chi connectivity index (χ1) is 6.92. The summed E-state index contributed by atoms with van der Waals surface area (Å²) in [6.45, 7) is 8.31. The van der Waals surface area contributed by atoms with Crippen molar-refractivity contribution in [1.82, 2.24) is 0 Å². The van der Waals surface area contributed by atoms with Crippen molar-refractivity contribution in [2.75, 3.05) is 0 Å². The van der Waals surface area contributed by atoms with Gasteiger partial charge in [0.2, 0.25) is 0 Å². The zero-order valence-electron chi connectivity index (χ0n) is 9.86. The van der Waals surface area contributed by atoms with Gasteiger partial charge in [-0.05, 0) is 34.1 Å². The molecule has 2 heterocycles. The van der Waals surface area contributed by atoms with Gasteiger partial charge in [0.15, 0.2) is 0 Å². The van der Waals surface area contributed by atoms with Crippen molar-refractivity contribution in [2.45, 2.75) is 51.1 Å². The Hall–Kier alpha value is -0.605. The van der Waals surface area contributed by atoms with Crippen LogP contribution >= 0.6 is 0 Å². The molecule has 82 valence electrons. The summed E-state index contributed by atoms with van der Waals surface area (Å²) in [5.41, 5.74) is -0.472. The minimum Gasteiger partial charge on any atom is -0.403 e. The Morgan fingerprint density at radius 2 is 1.80 bits per heavy atom. The molecule has 1 unspecified atom stereocenters. The number of hydrogen-bond donors (Lipinski definition) is 0. The van der Waals surface area contributed by atoms with Crippen LogP contribution in [0.3, 0.4) is 0 Å². The maximum absolute atomic E-state index is 5.97. The van der Waals surface area contributed by atoms with E-state index in [1.807, 2.05) is 12.4 Å². The van der Waals surface area contributed by atoms with Gasteiger partial charge in [-0.2, -0.15) is 0 Å². The predicted octanol–water partition coefficient (Wildman–Crippen LogP) is 2.44. The Kier molecular flexibility index (Phi) is 2.51. The molecule has 0 saturated carbocycles. The third-order valence-electron chi connectivity index (χ3n) is 3.52. The summed E-state index contributed by atoms with van der Waals surface area (Å²) in [4.78, 5) is 4.05. The van der Waals surface area contributed by atoms with E-state index < -0.39 is 0 Å². The van der Waals surface area contributed by atoms with Crippen LogP contribution in [0.15, 0.2) is 17.3 Å². The molecule has 4 heteroatoms. The first-order valence-corrected chi connectivity index (χ1v) is 5.46. The lowest BCUT2D eigenvalue weighted by Gasteiger charge is -2.32. The van der Waals surface area contributed by atoms with Gasteiger partial charge in [-0.1, -0.05) is 6.08 Å². The molecule has 15 heavy (non-hydrogen) atoms. The van der Waals surface area contributed by atoms with Crippen molar-refractivity contribution >= 4 is 13.3 Å². The fourth-order valence-corrected chi connectivity index (χ4v) is 1.75. The maximum Gasteiger partial charge on any atom is 0.465 e. The largest absolute Gasteiger partial charge is 0.465 e. The van der Waals surface area contributed by atoms with Gasteiger partial charge < -0.3 is 9.31 Å². The zero-order chi connectivity index (χ0) is 11.1. The highest BCUT2D eigenvalue weighted by molar-refractivity contribution is 6.48. The topological polar surface area (TPSA) is 30.8 Å². The molecule has 1 saturated heterocycles. The van der Waals surface area contributed by atoms with Gasteiger partial charge in [-0.3, -0.25) is 4.99 Å². The Bertz CT molecular complexity index is 294. The molecule has 0 radical (unpaired) electrons. The third-order valence-corrected chi connectivity index (χ3v) is 3.52. The van der Waals surface area contributed by atoms with E-state index >= 15 is 0 Å². The number of allylic oxidation sites excluding steroid dienone is 1. The predicted molar refractivity (Wildman–Crippen MR) is 62.1 cm³/mol. The van der Waals surface area contributed by atoms with Crippen LogP contribution in [-0.4, -0.2) is 24.5 Å². The summed E-state index contributed by atoms with van der Waals surface area (Å²) in [7, 11) is -0.141. The van der Waals surface area contributed by atoms with Crippen LogP contribution in [-0.2, 0) is 9.31 Å². The Morgan fingerprint density at radius 3 is 2.27 bits per heavy atom. The van der Waals surface area contributed by atoms with Crippen molar-refractivity contribution in [3.8, 4) is 0 Å². The lowest BCUT2D eigenvalue weighted by molar-refractivity contribution is 0.00578. The number of aliphatic imine (C=N–C) groups is 1. The van der Waals surface area contributed by atoms with Gasteiger partial charge in [-0.25, -0.2) is 0 Å². The molecule has 0 aromatic rings. The number of hydrogen-bond acceptors (Lipinski definition) is 3. The molecule has 2 rings (SSSR count). The smallest absolute Gasteiger partial charge is 0.403 e. The quantitative estimate of drug-likeness (QED) is 0.618. The van der Waals surface area contributed by atoms with Crippen molar-refractivity contribution in [3.63, 3.8) is 0 Å². The molecule has 2 aliphatic rings. The van der Waals surface area contributed by atoms with E-state index in [1.54, 1.807) is 0 Å². The SMILES string of the molecule is CC1(C)OB(C2C=CN=CC2)OC1(C)C. The summed E-state index contributed by atoms with van der Waals surface area (Å²) < 4.78 is 11.9. The first-order valence-electron chi connectivity index (χ1n) is 5.46. The van der Waals surface area contributed by atoms with E-state index in [2.05, 4.69) is 38.8 Å². The van der Waals surface area contributed by atoms with Crippen LogP contribution in [0.25, 0.3) is 0 Å². The van der Waals surface area contributed by atoms with Gasteiger partial charge in [0.05, 0.1) is 11.2 Å². The molecule has 0 aliphatic carbocycles. The molecular weight excluding hydrogens is 189 g/mol. The highest BCUT2D eigenvalue weighted by Gasteiger charge is 2.53. The van der Waals surface area contributed by atoms with E-state index in [0.717, 1.165) is 6.42 Å². The highest BCUT2D eigenvalue weighted by atomic mass is 16.7. The van der Waals surface area contributed by atoms with E-state index in [0.29, 0.717) is 5.82 Å². The van der Waals surface area contributed by atoms with Crippen LogP contribution < -0.4 is 0 Å². The molecule has 2 aliphatic heterocycles. The summed E-state index contributed by atoms with van der Waals surface area (Å²) in [6, 6.07) is 0. The van der Waals surface area contributed by atoms with E-state index in [9.17, 15) is 0 Å². The lowest BCUT2D eigenvalue weighted by atomic mass is 9.70. The van der Waals surface area contributed by atoms with Crippen LogP contribution in [0.5, 0.6) is 0 Å². The van der Waals surface area contributed by atoms with Crippen molar-refractivity contribution in [3.05, 3.63) is 12.3 Å². The fourth-order valence-electron chi connectivity index (χ4n) is 1.75. The van der Waals surface area contributed by atoms with Gasteiger partial charge in [-0.15, -0.1) is 0 Å². The van der Waals surface area contributed by atoms with Crippen molar-refractivity contribution < 1.29 is 9.31 Å². The summed E-state index contributed by atoms with van der Waals surface area (Å²) in [6.07, 6.45) is 6.68. The Morgan fingerprint density at radius 1 is 1.20 bits per heavy atom. The molecule has 1 atom stereocenters. The molecule has 0 amide bonds.